The zero-order valence-electron chi connectivity index (χ0n) is 13.9. The van der Waals surface area contributed by atoms with Crippen LogP contribution in [0.3, 0.4) is 0 Å². The van der Waals surface area contributed by atoms with E-state index in [1.54, 1.807) is 50.4 Å². The van der Waals surface area contributed by atoms with E-state index in [4.69, 9.17) is 9.47 Å². The Morgan fingerprint density at radius 3 is 2.60 bits per heavy atom. The molecule has 2 rings (SSSR count). The number of aromatic hydroxyl groups is 1. The molecule has 2 aromatic rings. The summed E-state index contributed by atoms with van der Waals surface area (Å²) in [5.74, 6) is 0.435. The fourth-order valence-electron chi connectivity index (χ4n) is 2.08. The lowest BCUT2D eigenvalue weighted by atomic mass is 10.1. The van der Waals surface area contributed by atoms with Crippen molar-refractivity contribution in [1.29, 1.82) is 5.26 Å². The number of nitrogens with zero attached hydrogens (tertiary/aromatic N) is 1. The number of benzene rings is 2. The first kappa shape index (κ1) is 17.9. The Labute approximate surface area is 145 Å². The number of carbonyl (C=O) groups is 1. The molecule has 0 atom stereocenters. The molecule has 0 unspecified atom stereocenters. The summed E-state index contributed by atoms with van der Waals surface area (Å²) in [4.78, 5) is 12.3. The number of hydrogen-bond donors (Lipinski definition) is 2. The normalized spacial score (nSPS) is 10.7. The van der Waals surface area contributed by atoms with Crippen LogP contribution in [0.5, 0.6) is 17.2 Å². The molecule has 0 saturated heterocycles. The van der Waals surface area contributed by atoms with Gasteiger partial charge in [-0.15, -0.1) is 0 Å². The molecule has 0 aliphatic heterocycles. The number of methoxy groups -OCH3 is 1. The van der Waals surface area contributed by atoms with Gasteiger partial charge in [-0.3, -0.25) is 4.79 Å². The molecule has 1 amide bonds. The third-order valence-corrected chi connectivity index (χ3v) is 3.31. The SMILES string of the molecule is CCOc1cc(/C=C(\C#N)C(=O)Nc2ccc(OC)cc2)ccc1O. The van der Waals surface area contributed by atoms with Crippen LogP contribution in [0.2, 0.25) is 0 Å². The summed E-state index contributed by atoms with van der Waals surface area (Å²) in [7, 11) is 1.55. The van der Waals surface area contributed by atoms with Gasteiger partial charge in [0, 0.05) is 5.69 Å². The highest BCUT2D eigenvalue weighted by Crippen LogP contribution is 2.27. The summed E-state index contributed by atoms with van der Waals surface area (Å²) >= 11 is 0. The minimum atomic E-state index is -0.529. The van der Waals surface area contributed by atoms with E-state index in [-0.39, 0.29) is 11.3 Å². The van der Waals surface area contributed by atoms with E-state index in [9.17, 15) is 15.2 Å². The number of hydrogen-bond acceptors (Lipinski definition) is 5. The average molecular weight is 338 g/mol. The molecule has 0 aliphatic carbocycles. The van der Waals surface area contributed by atoms with Gasteiger partial charge in [-0.05, 0) is 55.0 Å². The van der Waals surface area contributed by atoms with Crippen LogP contribution in [0, 0.1) is 11.3 Å². The van der Waals surface area contributed by atoms with Crippen molar-refractivity contribution in [1.82, 2.24) is 0 Å². The number of phenols is 1. The molecule has 128 valence electrons. The van der Waals surface area contributed by atoms with E-state index in [1.807, 2.05) is 6.07 Å². The Balaban J connectivity index is 2.20. The van der Waals surface area contributed by atoms with E-state index < -0.39 is 5.91 Å². The number of nitrogens with one attached hydrogen (secondary N) is 1. The quantitative estimate of drug-likeness (QED) is 0.622. The summed E-state index contributed by atoms with van der Waals surface area (Å²) < 4.78 is 10.3. The maximum Gasteiger partial charge on any atom is 0.266 e. The van der Waals surface area contributed by atoms with Crippen molar-refractivity contribution < 1.29 is 19.4 Å². The fraction of sp³-hybridized carbons (Fsp3) is 0.158. The predicted octanol–water partition coefficient (Wildman–Crippen LogP) is 3.35. The Morgan fingerprint density at radius 2 is 2.00 bits per heavy atom. The summed E-state index contributed by atoms with van der Waals surface area (Å²) in [6, 6.07) is 13.3. The largest absolute Gasteiger partial charge is 0.504 e. The zero-order valence-corrected chi connectivity index (χ0v) is 13.9. The van der Waals surface area contributed by atoms with Gasteiger partial charge in [0.1, 0.15) is 17.4 Å². The maximum absolute atomic E-state index is 12.3. The molecule has 6 nitrogen and oxygen atoms in total. The maximum atomic E-state index is 12.3. The second kappa shape index (κ2) is 8.41. The molecule has 0 saturated carbocycles. The summed E-state index contributed by atoms with van der Waals surface area (Å²) in [6.07, 6.45) is 1.43. The van der Waals surface area contributed by atoms with Crippen LogP contribution in [0.25, 0.3) is 6.08 Å². The molecule has 2 aromatic carbocycles. The van der Waals surface area contributed by atoms with Gasteiger partial charge >= 0.3 is 0 Å². The number of carbonyl (C=O) groups excluding carboxylic acids is 1. The van der Waals surface area contributed by atoms with Gasteiger partial charge in [-0.25, -0.2) is 0 Å². The fourth-order valence-corrected chi connectivity index (χ4v) is 2.08. The van der Waals surface area contributed by atoms with Gasteiger partial charge in [-0.1, -0.05) is 6.07 Å². The van der Waals surface area contributed by atoms with Crippen LogP contribution < -0.4 is 14.8 Å². The highest BCUT2D eigenvalue weighted by molar-refractivity contribution is 6.09. The highest BCUT2D eigenvalue weighted by atomic mass is 16.5. The van der Waals surface area contributed by atoms with Gasteiger partial charge in [-0.2, -0.15) is 5.26 Å². The van der Waals surface area contributed by atoms with Crippen LogP contribution >= 0.6 is 0 Å². The van der Waals surface area contributed by atoms with Crippen molar-refractivity contribution in [2.45, 2.75) is 6.92 Å². The van der Waals surface area contributed by atoms with Gasteiger partial charge < -0.3 is 19.9 Å². The minimum absolute atomic E-state index is 0.000178. The van der Waals surface area contributed by atoms with Crippen molar-refractivity contribution >= 4 is 17.7 Å². The molecule has 25 heavy (non-hydrogen) atoms. The summed E-state index contributed by atoms with van der Waals surface area (Å²) in [5.41, 5.74) is 1.05. The number of amides is 1. The molecule has 0 aliphatic rings. The number of anilines is 1. The highest BCUT2D eigenvalue weighted by Gasteiger charge is 2.11. The number of rotatable bonds is 6. The molecule has 0 radical (unpaired) electrons. The third kappa shape index (κ3) is 4.75. The summed E-state index contributed by atoms with van der Waals surface area (Å²) in [5, 5.41) is 21.6. The van der Waals surface area contributed by atoms with Gasteiger partial charge in [0.2, 0.25) is 0 Å². The van der Waals surface area contributed by atoms with E-state index >= 15 is 0 Å². The number of ether oxygens (including phenoxy) is 2. The van der Waals surface area contributed by atoms with E-state index in [0.717, 1.165) is 0 Å². The van der Waals surface area contributed by atoms with Gasteiger partial charge in [0.05, 0.1) is 13.7 Å². The van der Waals surface area contributed by atoms with Crippen molar-refractivity contribution in [2.24, 2.45) is 0 Å². The summed E-state index contributed by atoms with van der Waals surface area (Å²) in [6.45, 7) is 2.19. The van der Waals surface area contributed by atoms with Crippen molar-refractivity contribution in [2.75, 3.05) is 19.0 Å². The molecule has 0 spiro atoms. The average Bonchev–Trinajstić information content (AvgIpc) is 2.63. The van der Waals surface area contributed by atoms with Crippen LogP contribution in [-0.2, 0) is 4.79 Å². The molecular weight excluding hydrogens is 320 g/mol. The Kier molecular flexibility index (Phi) is 6.02. The van der Waals surface area contributed by atoms with Gasteiger partial charge in [0.25, 0.3) is 5.91 Å². The Bertz CT molecular complexity index is 820. The lowest BCUT2D eigenvalue weighted by molar-refractivity contribution is -0.112. The third-order valence-electron chi connectivity index (χ3n) is 3.31. The van der Waals surface area contributed by atoms with Crippen molar-refractivity contribution in [3.63, 3.8) is 0 Å². The molecule has 0 fully saturated rings. The topological polar surface area (TPSA) is 91.6 Å². The molecule has 6 heteroatoms. The first-order valence-corrected chi connectivity index (χ1v) is 7.60. The van der Waals surface area contributed by atoms with Crippen LogP contribution in [0.1, 0.15) is 12.5 Å². The number of nitriles is 1. The second-order valence-corrected chi connectivity index (χ2v) is 5.01. The zero-order chi connectivity index (χ0) is 18.2. The molecule has 0 heterocycles. The predicted molar refractivity (Wildman–Crippen MR) is 94.5 cm³/mol. The van der Waals surface area contributed by atoms with Crippen molar-refractivity contribution in [3.05, 3.63) is 53.6 Å². The molecule has 0 bridgehead atoms. The number of phenolic OH excluding ortho intramolecular Hbond substituents is 1. The van der Waals surface area contributed by atoms with E-state index in [0.29, 0.717) is 29.4 Å². The van der Waals surface area contributed by atoms with E-state index in [1.165, 1.54) is 12.1 Å². The lowest BCUT2D eigenvalue weighted by Gasteiger charge is -2.07. The smallest absolute Gasteiger partial charge is 0.266 e. The lowest BCUT2D eigenvalue weighted by Crippen LogP contribution is -2.13. The van der Waals surface area contributed by atoms with Crippen LogP contribution in [-0.4, -0.2) is 24.7 Å². The van der Waals surface area contributed by atoms with E-state index in [2.05, 4.69) is 5.32 Å². The second-order valence-electron chi connectivity index (χ2n) is 5.01. The first-order valence-electron chi connectivity index (χ1n) is 7.60. The monoisotopic (exact) mass is 338 g/mol. The van der Waals surface area contributed by atoms with Crippen molar-refractivity contribution in [3.8, 4) is 23.3 Å². The van der Waals surface area contributed by atoms with Crippen LogP contribution in [0.4, 0.5) is 5.69 Å². The molecular formula is C19H18N2O4. The molecule has 2 N–H and O–H groups in total. The van der Waals surface area contributed by atoms with Crippen LogP contribution in [0.15, 0.2) is 48.0 Å². The van der Waals surface area contributed by atoms with Gasteiger partial charge in [0.15, 0.2) is 11.5 Å². The first-order chi connectivity index (χ1) is 12.1. The Hall–Kier alpha value is -3.46. The Morgan fingerprint density at radius 1 is 1.28 bits per heavy atom. The molecule has 0 aromatic heterocycles. The minimum Gasteiger partial charge on any atom is -0.504 e. The standard InChI is InChI=1S/C19H18N2O4/c1-3-25-18-11-13(4-9-17(18)22)10-14(12-20)19(23)21-15-5-7-16(24-2)8-6-15/h4-11,22H,3H2,1-2H3,(H,21,23)/b14-10+.